The van der Waals surface area contributed by atoms with E-state index in [1.807, 2.05) is 37.5 Å². The molecule has 106 valence electrons. The molecule has 0 radical (unpaired) electrons. The maximum atomic E-state index is 6.18. The van der Waals surface area contributed by atoms with Gasteiger partial charge in [0.05, 0.1) is 11.6 Å². The highest BCUT2D eigenvalue weighted by Crippen LogP contribution is 2.31. The first-order valence-electron chi connectivity index (χ1n) is 6.66. The molecule has 1 atom stereocenters. The van der Waals surface area contributed by atoms with E-state index in [4.69, 9.17) is 11.6 Å². The summed E-state index contributed by atoms with van der Waals surface area (Å²) in [6.07, 6.45) is 1.83. The number of para-hydroxylation sites is 1. The fraction of sp³-hybridized carbons (Fsp3) is 0.118. The van der Waals surface area contributed by atoms with Crippen LogP contribution in [-0.4, -0.2) is 12.0 Å². The average molecular weight is 409 g/mol. The van der Waals surface area contributed by atoms with Gasteiger partial charge in [0.25, 0.3) is 0 Å². The van der Waals surface area contributed by atoms with Gasteiger partial charge in [-0.05, 0) is 65.0 Å². The highest BCUT2D eigenvalue weighted by atomic mass is 127. The van der Waals surface area contributed by atoms with Crippen LogP contribution in [0.15, 0.2) is 54.7 Å². The van der Waals surface area contributed by atoms with E-state index in [1.54, 1.807) is 0 Å². The normalized spacial score (nSPS) is 12.5. The Morgan fingerprint density at radius 1 is 1.10 bits per heavy atom. The molecule has 21 heavy (non-hydrogen) atoms. The van der Waals surface area contributed by atoms with Crippen molar-refractivity contribution in [1.29, 1.82) is 0 Å². The van der Waals surface area contributed by atoms with Crippen LogP contribution in [0.2, 0.25) is 5.02 Å². The van der Waals surface area contributed by atoms with Crippen molar-refractivity contribution < 1.29 is 0 Å². The van der Waals surface area contributed by atoms with Crippen molar-refractivity contribution >= 4 is 45.1 Å². The molecular weight excluding hydrogens is 395 g/mol. The fourth-order valence-electron chi connectivity index (χ4n) is 2.58. The van der Waals surface area contributed by atoms with E-state index < -0.39 is 0 Å². The Bertz CT molecular complexity index is 783. The van der Waals surface area contributed by atoms with Gasteiger partial charge in [-0.3, -0.25) is 4.98 Å². The number of aromatic nitrogens is 1. The van der Waals surface area contributed by atoms with Crippen molar-refractivity contribution in [3.63, 3.8) is 0 Å². The van der Waals surface area contributed by atoms with Gasteiger partial charge in [0.2, 0.25) is 0 Å². The first-order chi connectivity index (χ1) is 10.2. The number of nitrogens with one attached hydrogen (secondary N) is 1. The number of rotatable bonds is 3. The molecule has 0 saturated heterocycles. The highest BCUT2D eigenvalue weighted by Gasteiger charge is 2.18. The van der Waals surface area contributed by atoms with E-state index in [1.165, 1.54) is 9.13 Å². The van der Waals surface area contributed by atoms with Crippen LogP contribution < -0.4 is 5.32 Å². The monoisotopic (exact) mass is 408 g/mol. The summed E-state index contributed by atoms with van der Waals surface area (Å²) < 4.78 is 1.18. The van der Waals surface area contributed by atoms with Crippen molar-refractivity contribution in [3.05, 3.63) is 74.4 Å². The molecule has 3 aromatic rings. The van der Waals surface area contributed by atoms with Gasteiger partial charge in [-0.1, -0.05) is 35.9 Å². The lowest BCUT2D eigenvalue weighted by Crippen LogP contribution is -2.19. The van der Waals surface area contributed by atoms with Crippen molar-refractivity contribution in [1.82, 2.24) is 10.3 Å². The molecule has 0 saturated carbocycles. The highest BCUT2D eigenvalue weighted by molar-refractivity contribution is 14.1. The van der Waals surface area contributed by atoms with Gasteiger partial charge >= 0.3 is 0 Å². The molecule has 2 nitrogen and oxygen atoms in total. The fourth-order valence-corrected chi connectivity index (χ4v) is 3.40. The third-order valence-corrected chi connectivity index (χ3v) is 4.75. The SMILES string of the molecule is CNC(c1cc(Cl)ccc1I)c1cccc2cccnc12. The molecular formula is C17H14ClIN2. The third kappa shape index (κ3) is 2.91. The summed E-state index contributed by atoms with van der Waals surface area (Å²) in [5, 5.41) is 5.29. The second-order valence-corrected chi connectivity index (χ2v) is 6.41. The van der Waals surface area contributed by atoms with Crippen LogP contribution in [-0.2, 0) is 0 Å². The van der Waals surface area contributed by atoms with Crippen LogP contribution >= 0.6 is 34.2 Å². The molecule has 0 aliphatic rings. The van der Waals surface area contributed by atoms with Crippen molar-refractivity contribution in [3.8, 4) is 0 Å². The number of hydrogen-bond acceptors (Lipinski definition) is 2. The zero-order chi connectivity index (χ0) is 14.8. The average Bonchev–Trinajstić information content (AvgIpc) is 2.51. The summed E-state index contributed by atoms with van der Waals surface area (Å²) in [6.45, 7) is 0. The Balaban J connectivity index is 2.21. The minimum Gasteiger partial charge on any atom is -0.309 e. The topological polar surface area (TPSA) is 24.9 Å². The van der Waals surface area contributed by atoms with E-state index in [2.05, 4.69) is 57.2 Å². The van der Waals surface area contributed by atoms with Crippen LogP contribution in [0.1, 0.15) is 17.2 Å². The first-order valence-corrected chi connectivity index (χ1v) is 8.12. The standard InChI is InChI=1S/C17H14ClIN2/c1-20-17(14-10-12(18)7-8-15(14)19)13-6-2-4-11-5-3-9-21-16(11)13/h2-10,17,20H,1H3. The Kier molecular flexibility index (Phi) is 4.42. The molecule has 0 amide bonds. The molecule has 1 aromatic heterocycles. The van der Waals surface area contributed by atoms with E-state index in [9.17, 15) is 0 Å². The number of halogens is 2. The largest absolute Gasteiger partial charge is 0.309 e. The minimum absolute atomic E-state index is 0.0641. The molecule has 1 heterocycles. The van der Waals surface area contributed by atoms with Crippen LogP contribution in [0, 0.1) is 3.57 Å². The second kappa shape index (κ2) is 6.30. The Labute approximate surface area is 142 Å². The summed E-state index contributed by atoms with van der Waals surface area (Å²) >= 11 is 8.52. The lowest BCUT2D eigenvalue weighted by Gasteiger charge is -2.20. The quantitative estimate of drug-likeness (QED) is 0.630. The van der Waals surface area contributed by atoms with E-state index in [-0.39, 0.29) is 6.04 Å². The zero-order valence-electron chi connectivity index (χ0n) is 11.5. The molecule has 1 unspecified atom stereocenters. The maximum absolute atomic E-state index is 6.18. The Morgan fingerprint density at radius 3 is 2.71 bits per heavy atom. The predicted octanol–water partition coefficient (Wildman–Crippen LogP) is 4.80. The van der Waals surface area contributed by atoms with E-state index in [0.29, 0.717) is 0 Å². The lowest BCUT2D eigenvalue weighted by atomic mass is 9.96. The lowest BCUT2D eigenvalue weighted by molar-refractivity contribution is 0.692. The van der Waals surface area contributed by atoms with E-state index >= 15 is 0 Å². The Morgan fingerprint density at radius 2 is 1.90 bits per heavy atom. The predicted molar refractivity (Wildman–Crippen MR) is 96.8 cm³/mol. The first kappa shape index (κ1) is 14.8. The summed E-state index contributed by atoms with van der Waals surface area (Å²) in [4.78, 5) is 4.55. The van der Waals surface area contributed by atoms with Crippen LogP contribution in [0.4, 0.5) is 0 Å². The van der Waals surface area contributed by atoms with Gasteiger partial charge < -0.3 is 5.32 Å². The van der Waals surface area contributed by atoms with Gasteiger partial charge in [-0.25, -0.2) is 0 Å². The number of nitrogens with zero attached hydrogens (tertiary/aromatic N) is 1. The van der Waals surface area contributed by atoms with Gasteiger partial charge in [-0.2, -0.15) is 0 Å². The summed E-state index contributed by atoms with van der Waals surface area (Å²) in [5.74, 6) is 0. The van der Waals surface area contributed by atoms with Crippen LogP contribution in [0.3, 0.4) is 0 Å². The molecule has 0 spiro atoms. The molecule has 0 aliphatic carbocycles. The number of benzene rings is 2. The van der Waals surface area contributed by atoms with Gasteiger partial charge in [0.1, 0.15) is 0 Å². The molecule has 3 rings (SSSR count). The molecule has 2 aromatic carbocycles. The van der Waals surface area contributed by atoms with Crippen molar-refractivity contribution in [2.45, 2.75) is 6.04 Å². The molecule has 1 N–H and O–H groups in total. The minimum atomic E-state index is 0.0641. The van der Waals surface area contributed by atoms with Crippen molar-refractivity contribution in [2.24, 2.45) is 0 Å². The zero-order valence-corrected chi connectivity index (χ0v) is 14.4. The second-order valence-electron chi connectivity index (χ2n) is 4.81. The van der Waals surface area contributed by atoms with Crippen molar-refractivity contribution in [2.75, 3.05) is 7.05 Å². The number of hydrogen-bond donors (Lipinski definition) is 1. The van der Waals surface area contributed by atoms with Gasteiger partial charge in [0.15, 0.2) is 0 Å². The van der Waals surface area contributed by atoms with E-state index in [0.717, 1.165) is 21.5 Å². The molecule has 0 fully saturated rings. The Hall–Kier alpha value is -1.17. The summed E-state index contributed by atoms with van der Waals surface area (Å²) in [7, 11) is 1.96. The smallest absolute Gasteiger partial charge is 0.0753 e. The molecule has 0 aliphatic heterocycles. The summed E-state index contributed by atoms with van der Waals surface area (Å²) in [5.41, 5.74) is 3.36. The maximum Gasteiger partial charge on any atom is 0.0753 e. The molecule has 4 heteroatoms. The van der Waals surface area contributed by atoms with Gasteiger partial charge in [-0.15, -0.1) is 0 Å². The summed E-state index contributed by atoms with van der Waals surface area (Å²) in [6, 6.07) is 16.4. The third-order valence-electron chi connectivity index (χ3n) is 3.53. The molecule has 0 bridgehead atoms. The number of pyridine rings is 1. The van der Waals surface area contributed by atoms with Crippen LogP contribution in [0.5, 0.6) is 0 Å². The van der Waals surface area contributed by atoms with Gasteiger partial charge in [0, 0.05) is 20.2 Å². The number of fused-ring (bicyclic) bond motifs is 1. The van der Waals surface area contributed by atoms with Crippen LogP contribution in [0.25, 0.3) is 10.9 Å².